The fourth-order valence-electron chi connectivity index (χ4n) is 1.44. The number of hydrogen-bond donors (Lipinski definition) is 0. The predicted molar refractivity (Wildman–Crippen MR) is 49.0 cm³/mol. The molecule has 0 bridgehead atoms. The first-order chi connectivity index (χ1) is 5.29. The zero-order valence-corrected chi connectivity index (χ0v) is 6.78. The van der Waals surface area contributed by atoms with E-state index in [1.807, 2.05) is 0 Å². The van der Waals surface area contributed by atoms with E-state index in [1.54, 1.807) is 0 Å². The molecule has 2 radical (unpaired) electrons. The number of anilines is 2. The third kappa shape index (κ3) is 0.879. The summed E-state index contributed by atoms with van der Waals surface area (Å²) in [5.74, 6) is 0. The summed E-state index contributed by atoms with van der Waals surface area (Å²) in [7, 11) is 6.19. The minimum absolute atomic E-state index is 1.27. The van der Waals surface area contributed by atoms with E-state index >= 15 is 0 Å². The predicted octanol–water partition coefficient (Wildman–Crippen LogP) is 1.11. The van der Waals surface area contributed by atoms with Crippen LogP contribution in [0.15, 0.2) is 24.3 Å². The fraction of sp³-hybridized carbons (Fsp3) is 0.250. The van der Waals surface area contributed by atoms with E-state index in [0.29, 0.717) is 0 Å². The Balaban J connectivity index is 2.52. The highest BCUT2D eigenvalue weighted by molar-refractivity contribution is 6.50. The lowest BCUT2D eigenvalue weighted by molar-refractivity contribution is 1.34. The van der Waals surface area contributed by atoms with Crippen LogP contribution in [0.5, 0.6) is 0 Å². The van der Waals surface area contributed by atoms with Crippen LogP contribution in [0, 0.1) is 0 Å². The summed E-state index contributed by atoms with van der Waals surface area (Å²) in [4.78, 5) is 4.24. The van der Waals surface area contributed by atoms with Crippen molar-refractivity contribution in [3.63, 3.8) is 0 Å². The van der Waals surface area contributed by atoms with Gasteiger partial charge in [-0.1, -0.05) is 19.7 Å². The summed E-state index contributed by atoms with van der Waals surface area (Å²) in [5.41, 5.74) is 2.55. The zero-order valence-electron chi connectivity index (χ0n) is 6.78. The molecule has 1 aromatic carbocycles. The summed E-state index contributed by atoms with van der Waals surface area (Å²) in [5, 5.41) is 0. The third-order valence-electron chi connectivity index (χ3n) is 1.99. The molecule has 1 heterocycles. The van der Waals surface area contributed by atoms with Gasteiger partial charge in [-0.2, -0.15) is 0 Å². The topological polar surface area (TPSA) is 6.48 Å². The van der Waals surface area contributed by atoms with Crippen molar-refractivity contribution < 1.29 is 0 Å². The standard InChI is InChI=1S/C8H10BN2/c1-10-7-5-3-4-6-8(7)11(2)9-10/h3-6H,1-2H3/q-1. The van der Waals surface area contributed by atoms with Crippen LogP contribution in [0.25, 0.3) is 0 Å². The van der Waals surface area contributed by atoms with Crippen molar-refractivity contribution >= 4 is 18.9 Å². The van der Waals surface area contributed by atoms with Gasteiger partial charge in [0.05, 0.1) is 0 Å². The lowest BCUT2D eigenvalue weighted by Gasteiger charge is -2.29. The van der Waals surface area contributed by atoms with Crippen molar-refractivity contribution in [2.24, 2.45) is 0 Å². The number of rotatable bonds is 0. The van der Waals surface area contributed by atoms with Gasteiger partial charge in [-0.25, -0.2) is 0 Å². The molecule has 2 rings (SSSR count). The number of fused-ring (bicyclic) bond motifs is 1. The Labute approximate surface area is 67.7 Å². The molecule has 0 aliphatic carbocycles. The van der Waals surface area contributed by atoms with Gasteiger partial charge in [0.25, 0.3) is 0 Å². The van der Waals surface area contributed by atoms with Crippen molar-refractivity contribution in [1.82, 2.24) is 0 Å². The highest BCUT2D eigenvalue weighted by Gasteiger charge is 2.07. The number of hydrogen-bond acceptors (Lipinski definition) is 2. The molecule has 56 valence electrons. The maximum absolute atomic E-state index is 2.12. The Hall–Kier alpha value is -1.12. The van der Waals surface area contributed by atoms with Gasteiger partial charge in [0, 0.05) is 11.4 Å². The van der Waals surface area contributed by atoms with Crippen molar-refractivity contribution in [3.8, 4) is 0 Å². The van der Waals surface area contributed by atoms with E-state index < -0.39 is 0 Å². The Morgan fingerprint density at radius 2 is 1.45 bits per heavy atom. The van der Waals surface area contributed by atoms with Crippen LogP contribution in [0.2, 0.25) is 0 Å². The average molecular weight is 145 g/mol. The molecule has 1 aliphatic heterocycles. The summed E-state index contributed by atoms with van der Waals surface area (Å²) in [6.07, 6.45) is 0. The molecule has 11 heavy (non-hydrogen) atoms. The molecular formula is C8H10BN2-. The molecule has 0 spiro atoms. The molecule has 0 unspecified atom stereocenters. The van der Waals surface area contributed by atoms with Gasteiger partial charge in [0.15, 0.2) is 0 Å². The molecule has 0 amide bonds. The third-order valence-corrected chi connectivity index (χ3v) is 1.99. The van der Waals surface area contributed by atoms with Gasteiger partial charge >= 0.3 is 0 Å². The normalized spacial score (nSPS) is 15.5. The van der Waals surface area contributed by atoms with Crippen LogP contribution in [0.3, 0.4) is 0 Å². The number of benzene rings is 1. The van der Waals surface area contributed by atoms with Gasteiger partial charge in [-0.15, -0.1) is 0 Å². The molecule has 0 saturated heterocycles. The maximum Gasteiger partial charge on any atom is 0.0132 e. The first kappa shape index (κ1) is 6.59. The first-order valence-electron chi connectivity index (χ1n) is 3.69. The molecule has 0 atom stereocenters. The molecule has 0 fully saturated rings. The second-order valence-electron chi connectivity index (χ2n) is 2.83. The summed E-state index contributed by atoms with van der Waals surface area (Å²) < 4.78 is 0. The molecule has 2 nitrogen and oxygen atoms in total. The van der Waals surface area contributed by atoms with Crippen LogP contribution in [-0.4, -0.2) is 21.6 Å². The summed E-state index contributed by atoms with van der Waals surface area (Å²) >= 11 is 0. The van der Waals surface area contributed by atoms with Crippen molar-refractivity contribution in [3.05, 3.63) is 24.3 Å². The van der Waals surface area contributed by atoms with E-state index in [0.717, 1.165) is 0 Å². The summed E-state index contributed by atoms with van der Waals surface area (Å²) in [6.45, 7) is 0. The molecule has 3 heteroatoms. The second-order valence-corrected chi connectivity index (χ2v) is 2.83. The molecular weight excluding hydrogens is 135 g/mol. The van der Waals surface area contributed by atoms with Crippen molar-refractivity contribution in [2.75, 3.05) is 23.7 Å². The Morgan fingerprint density at radius 1 is 1.00 bits per heavy atom. The smallest absolute Gasteiger partial charge is 0.0132 e. The van der Waals surface area contributed by atoms with Gasteiger partial charge in [-0.05, 0) is 26.2 Å². The average Bonchev–Trinajstić information content (AvgIpc) is 2.30. The molecule has 1 aliphatic rings. The Kier molecular flexibility index (Phi) is 1.31. The second kappa shape index (κ2) is 2.19. The van der Waals surface area contributed by atoms with Crippen LogP contribution in [0.4, 0.5) is 11.4 Å². The zero-order chi connectivity index (χ0) is 7.84. The van der Waals surface area contributed by atoms with Crippen molar-refractivity contribution in [1.29, 1.82) is 0 Å². The van der Waals surface area contributed by atoms with E-state index in [9.17, 15) is 0 Å². The Bertz CT molecular complexity index is 248. The largest absolute Gasteiger partial charge is 0.587 e. The van der Waals surface area contributed by atoms with Crippen LogP contribution >= 0.6 is 0 Å². The Morgan fingerprint density at radius 3 is 1.91 bits per heavy atom. The lowest BCUT2D eigenvalue weighted by Crippen LogP contribution is -2.28. The van der Waals surface area contributed by atoms with E-state index in [1.165, 1.54) is 11.4 Å². The minimum Gasteiger partial charge on any atom is -0.587 e. The number of nitrogens with zero attached hydrogens (tertiary/aromatic N) is 2. The van der Waals surface area contributed by atoms with Crippen LogP contribution in [0.1, 0.15) is 0 Å². The van der Waals surface area contributed by atoms with Gasteiger partial charge < -0.3 is 9.62 Å². The van der Waals surface area contributed by atoms with E-state index in [-0.39, 0.29) is 0 Å². The lowest BCUT2D eigenvalue weighted by atomic mass is 10.1. The highest BCUT2D eigenvalue weighted by Crippen LogP contribution is 2.31. The SMILES string of the molecule is CN1[B-]N(C)c2ccccc21. The van der Waals surface area contributed by atoms with Crippen LogP contribution in [-0.2, 0) is 0 Å². The monoisotopic (exact) mass is 145 g/mol. The highest BCUT2D eigenvalue weighted by atomic mass is 15.2. The van der Waals surface area contributed by atoms with Gasteiger partial charge in [0.1, 0.15) is 0 Å². The quantitative estimate of drug-likeness (QED) is 0.504. The molecule has 0 N–H and O–H groups in total. The van der Waals surface area contributed by atoms with Crippen molar-refractivity contribution in [2.45, 2.75) is 0 Å². The van der Waals surface area contributed by atoms with Gasteiger partial charge in [0.2, 0.25) is 0 Å². The first-order valence-corrected chi connectivity index (χ1v) is 3.69. The van der Waals surface area contributed by atoms with Crippen LogP contribution < -0.4 is 9.62 Å². The minimum atomic E-state index is 1.27. The summed E-state index contributed by atoms with van der Waals surface area (Å²) in [6, 6.07) is 8.36. The van der Waals surface area contributed by atoms with Gasteiger partial charge in [-0.3, -0.25) is 0 Å². The molecule has 0 aromatic heterocycles. The molecule has 0 saturated carbocycles. The fourth-order valence-corrected chi connectivity index (χ4v) is 1.44. The van der Waals surface area contributed by atoms with E-state index in [2.05, 4.69) is 55.5 Å². The van der Waals surface area contributed by atoms with E-state index in [4.69, 9.17) is 0 Å². The molecule has 1 aromatic rings. The maximum atomic E-state index is 2.12. The number of para-hydroxylation sites is 2.